The minimum Gasteiger partial charge on any atom is -0.308 e. The summed E-state index contributed by atoms with van der Waals surface area (Å²) in [5.74, 6) is -2.03. The van der Waals surface area contributed by atoms with Crippen LogP contribution in [-0.2, 0) is 20.8 Å². The Morgan fingerprint density at radius 3 is 2.48 bits per heavy atom. The second kappa shape index (κ2) is 6.79. The molecule has 0 N–H and O–H groups in total. The molecule has 0 spiro atoms. The number of anilines is 1. The van der Waals surface area contributed by atoms with Gasteiger partial charge >= 0.3 is 17.8 Å². The van der Waals surface area contributed by atoms with Crippen LogP contribution in [0, 0.1) is 0 Å². The second-order valence-corrected chi connectivity index (χ2v) is 7.57. The summed E-state index contributed by atoms with van der Waals surface area (Å²) < 4.78 is 0. The SMILES string of the molecule is C[C@@H]1CCc2ccccc2N1C(=O)CN1C(=O)C(=O)N(C2CCCC2)C1=O. The molecule has 1 aliphatic carbocycles. The number of benzene rings is 1. The molecule has 5 amide bonds. The van der Waals surface area contributed by atoms with E-state index in [9.17, 15) is 19.2 Å². The minimum atomic E-state index is -0.891. The van der Waals surface area contributed by atoms with Crippen LogP contribution in [0.4, 0.5) is 10.5 Å². The molecule has 1 atom stereocenters. The Balaban J connectivity index is 1.55. The molecule has 2 aliphatic heterocycles. The van der Waals surface area contributed by atoms with Gasteiger partial charge in [-0.1, -0.05) is 31.0 Å². The first kappa shape index (κ1) is 17.7. The van der Waals surface area contributed by atoms with E-state index in [-0.39, 0.29) is 18.0 Å². The third kappa shape index (κ3) is 2.91. The Morgan fingerprint density at radius 1 is 1.04 bits per heavy atom. The quantitative estimate of drug-likeness (QED) is 0.604. The Hall–Kier alpha value is -2.70. The van der Waals surface area contributed by atoms with Gasteiger partial charge in [-0.2, -0.15) is 0 Å². The highest BCUT2D eigenvalue weighted by atomic mass is 16.2. The minimum absolute atomic E-state index is 0.0261. The number of imide groups is 2. The maximum absolute atomic E-state index is 13.0. The number of hydrogen-bond donors (Lipinski definition) is 0. The third-order valence-electron chi connectivity index (χ3n) is 5.86. The van der Waals surface area contributed by atoms with Crippen molar-refractivity contribution in [2.75, 3.05) is 11.4 Å². The van der Waals surface area contributed by atoms with E-state index in [1.165, 1.54) is 0 Å². The van der Waals surface area contributed by atoms with E-state index in [1.807, 2.05) is 31.2 Å². The van der Waals surface area contributed by atoms with Crippen LogP contribution in [0.5, 0.6) is 0 Å². The molecule has 0 unspecified atom stereocenters. The molecule has 1 saturated carbocycles. The highest BCUT2D eigenvalue weighted by molar-refractivity contribution is 6.45. The molecule has 0 aromatic heterocycles. The van der Waals surface area contributed by atoms with Gasteiger partial charge in [0.05, 0.1) is 0 Å². The molecule has 1 saturated heterocycles. The van der Waals surface area contributed by atoms with Gasteiger partial charge in [0, 0.05) is 17.8 Å². The van der Waals surface area contributed by atoms with Crippen LogP contribution >= 0.6 is 0 Å². The molecule has 3 aliphatic rings. The zero-order chi connectivity index (χ0) is 19.1. The zero-order valence-corrected chi connectivity index (χ0v) is 15.4. The summed E-state index contributed by atoms with van der Waals surface area (Å²) in [6, 6.07) is 6.78. The van der Waals surface area contributed by atoms with Gasteiger partial charge in [-0.3, -0.25) is 19.3 Å². The van der Waals surface area contributed by atoms with Crippen molar-refractivity contribution in [3.05, 3.63) is 29.8 Å². The molecular formula is C20H23N3O4. The van der Waals surface area contributed by atoms with Crippen molar-refractivity contribution in [3.63, 3.8) is 0 Å². The van der Waals surface area contributed by atoms with Gasteiger partial charge in [0.1, 0.15) is 6.54 Å². The normalized spacial score (nSPS) is 23.4. The van der Waals surface area contributed by atoms with Crippen molar-refractivity contribution in [1.82, 2.24) is 9.80 Å². The predicted molar refractivity (Wildman–Crippen MR) is 97.9 cm³/mol. The Labute approximate surface area is 157 Å². The van der Waals surface area contributed by atoms with E-state index in [4.69, 9.17) is 0 Å². The van der Waals surface area contributed by atoms with Gasteiger partial charge in [-0.25, -0.2) is 9.69 Å². The lowest BCUT2D eigenvalue weighted by Gasteiger charge is -2.36. The first-order valence-corrected chi connectivity index (χ1v) is 9.58. The fourth-order valence-corrected chi connectivity index (χ4v) is 4.43. The van der Waals surface area contributed by atoms with Crippen molar-refractivity contribution in [1.29, 1.82) is 0 Å². The van der Waals surface area contributed by atoms with Crippen molar-refractivity contribution in [2.24, 2.45) is 0 Å². The van der Waals surface area contributed by atoms with E-state index in [0.29, 0.717) is 0 Å². The highest BCUT2D eigenvalue weighted by Crippen LogP contribution is 2.31. The van der Waals surface area contributed by atoms with E-state index in [0.717, 1.165) is 59.6 Å². The predicted octanol–water partition coefficient (Wildman–Crippen LogP) is 2.09. The number of carbonyl (C=O) groups excluding carboxylic acids is 4. The van der Waals surface area contributed by atoms with Crippen molar-refractivity contribution in [3.8, 4) is 0 Å². The molecule has 27 heavy (non-hydrogen) atoms. The molecule has 142 valence electrons. The molecule has 2 fully saturated rings. The van der Waals surface area contributed by atoms with Gasteiger partial charge in [-0.05, 0) is 44.2 Å². The van der Waals surface area contributed by atoms with Crippen molar-refractivity contribution in [2.45, 2.75) is 57.5 Å². The number of rotatable bonds is 3. The summed E-state index contributed by atoms with van der Waals surface area (Å²) in [6.45, 7) is 1.56. The lowest BCUT2D eigenvalue weighted by Crippen LogP contribution is -2.49. The lowest BCUT2D eigenvalue weighted by atomic mass is 9.96. The molecule has 7 heteroatoms. The number of para-hydroxylation sites is 1. The Kier molecular flexibility index (Phi) is 4.45. The molecule has 7 nitrogen and oxygen atoms in total. The van der Waals surface area contributed by atoms with Crippen LogP contribution < -0.4 is 4.90 Å². The molecule has 4 rings (SSSR count). The maximum atomic E-state index is 13.0. The fraction of sp³-hybridized carbons (Fsp3) is 0.500. The van der Waals surface area contributed by atoms with Crippen molar-refractivity contribution >= 4 is 29.4 Å². The van der Waals surface area contributed by atoms with Crippen LogP contribution in [0.1, 0.15) is 44.6 Å². The first-order chi connectivity index (χ1) is 13.0. The van der Waals surface area contributed by atoms with E-state index >= 15 is 0 Å². The van der Waals surface area contributed by atoms with Gasteiger partial charge in [0.2, 0.25) is 5.91 Å². The smallest absolute Gasteiger partial charge is 0.308 e. The second-order valence-electron chi connectivity index (χ2n) is 7.57. The molecule has 2 heterocycles. The summed E-state index contributed by atoms with van der Waals surface area (Å²) in [5, 5.41) is 0. The molecule has 1 aromatic rings. The molecule has 1 aromatic carbocycles. The Morgan fingerprint density at radius 2 is 1.74 bits per heavy atom. The lowest BCUT2D eigenvalue weighted by molar-refractivity contribution is -0.144. The van der Waals surface area contributed by atoms with Gasteiger partial charge in [-0.15, -0.1) is 0 Å². The van der Waals surface area contributed by atoms with Gasteiger partial charge in [0.15, 0.2) is 0 Å². The molecule has 0 radical (unpaired) electrons. The third-order valence-corrected chi connectivity index (χ3v) is 5.86. The number of urea groups is 1. The van der Waals surface area contributed by atoms with Crippen molar-refractivity contribution < 1.29 is 19.2 Å². The van der Waals surface area contributed by atoms with E-state index in [2.05, 4.69) is 0 Å². The molecular weight excluding hydrogens is 346 g/mol. The van der Waals surface area contributed by atoms with Crippen LogP contribution in [0.2, 0.25) is 0 Å². The number of carbonyl (C=O) groups is 4. The largest absolute Gasteiger partial charge is 0.334 e. The van der Waals surface area contributed by atoms with Crippen LogP contribution in [0.25, 0.3) is 0 Å². The standard InChI is InChI=1S/C20H23N3O4/c1-13-10-11-14-6-2-5-9-16(14)22(13)17(24)12-21-18(25)19(26)23(20(21)27)15-7-3-4-8-15/h2,5-6,9,13,15H,3-4,7-8,10-12H2,1H3/t13-/m1/s1. The average molecular weight is 369 g/mol. The monoisotopic (exact) mass is 369 g/mol. The number of amides is 5. The average Bonchev–Trinajstić information content (AvgIpc) is 3.25. The summed E-state index contributed by atoms with van der Waals surface area (Å²) in [6.07, 6.45) is 5.04. The summed E-state index contributed by atoms with van der Waals surface area (Å²) in [4.78, 5) is 53.9. The topological polar surface area (TPSA) is 78.0 Å². The first-order valence-electron chi connectivity index (χ1n) is 9.58. The Bertz CT molecular complexity index is 815. The fourth-order valence-electron chi connectivity index (χ4n) is 4.43. The van der Waals surface area contributed by atoms with E-state index < -0.39 is 24.4 Å². The van der Waals surface area contributed by atoms with E-state index in [1.54, 1.807) is 4.90 Å². The number of nitrogens with zero attached hydrogens (tertiary/aromatic N) is 3. The summed E-state index contributed by atoms with van der Waals surface area (Å²) in [5.41, 5.74) is 1.89. The number of fused-ring (bicyclic) bond motifs is 1. The van der Waals surface area contributed by atoms with Crippen LogP contribution in [0.3, 0.4) is 0 Å². The zero-order valence-electron chi connectivity index (χ0n) is 15.4. The van der Waals surface area contributed by atoms with Gasteiger partial charge < -0.3 is 4.90 Å². The number of hydrogen-bond acceptors (Lipinski definition) is 4. The maximum Gasteiger partial charge on any atom is 0.334 e. The highest BCUT2D eigenvalue weighted by Gasteiger charge is 2.49. The molecule has 0 bridgehead atoms. The summed E-state index contributed by atoms with van der Waals surface area (Å²) in [7, 11) is 0. The number of aryl methyl sites for hydroxylation is 1. The van der Waals surface area contributed by atoms with Crippen LogP contribution in [-0.4, -0.2) is 52.2 Å². The van der Waals surface area contributed by atoms with Crippen LogP contribution in [0.15, 0.2) is 24.3 Å². The van der Waals surface area contributed by atoms with Gasteiger partial charge in [0.25, 0.3) is 0 Å². The summed E-state index contributed by atoms with van der Waals surface area (Å²) >= 11 is 0.